The number of nitrogens with zero attached hydrogens (tertiary/aromatic N) is 4. The fourth-order valence-corrected chi connectivity index (χ4v) is 19.5. The number of anilines is 12. The second-order valence-electron chi connectivity index (χ2n) is 32.5. The zero-order valence-corrected chi connectivity index (χ0v) is 68.6. The van der Waals surface area contributed by atoms with E-state index in [2.05, 4.69) is 432 Å². The maximum atomic E-state index is 6.99. The van der Waals surface area contributed by atoms with Gasteiger partial charge in [-0.05, 0) is 237 Å². The van der Waals surface area contributed by atoms with Crippen LogP contribution in [0.2, 0.25) is 0 Å². The van der Waals surface area contributed by atoms with Gasteiger partial charge in [-0.2, -0.15) is 0 Å². The molecule has 0 aliphatic rings. The molecule has 26 rings (SSSR count). The molecule has 0 saturated carbocycles. The minimum atomic E-state index is 0.850. The van der Waals surface area contributed by atoms with Crippen molar-refractivity contribution in [3.63, 3.8) is 0 Å². The highest BCUT2D eigenvalue weighted by Gasteiger charge is 2.27. The first-order valence-electron chi connectivity index (χ1n) is 43.0. The minimum Gasteiger partial charge on any atom is -0.455 e. The Bertz CT molecular complexity index is 8740. The molecule has 0 N–H and O–H groups in total. The first kappa shape index (κ1) is 72.7. The lowest BCUT2D eigenvalue weighted by atomic mass is 9.95. The van der Waals surface area contributed by atoms with E-state index in [9.17, 15) is 0 Å². The molecule has 9 nitrogen and oxygen atoms in total. The summed E-state index contributed by atoms with van der Waals surface area (Å²) >= 11 is 0. The summed E-state index contributed by atoms with van der Waals surface area (Å²) in [5.41, 5.74) is 25.6. The summed E-state index contributed by atoms with van der Waals surface area (Å²) in [6.45, 7) is 0. The number of furan rings is 5. The molecule has 0 fully saturated rings. The van der Waals surface area contributed by atoms with Crippen molar-refractivity contribution in [1.29, 1.82) is 0 Å². The molecule has 21 aromatic carbocycles. The highest BCUT2D eigenvalue weighted by molar-refractivity contribution is 6.32. The largest absolute Gasteiger partial charge is 0.455 e. The number of rotatable bonds is 14. The van der Waals surface area contributed by atoms with Crippen molar-refractivity contribution in [2.24, 2.45) is 0 Å². The third-order valence-electron chi connectivity index (χ3n) is 25.2. The Morgan fingerprint density at radius 3 is 0.724 bits per heavy atom. The summed E-state index contributed by atoms with van der Waals surface area (Å²) in [7, 11) is 0. The van der Waals surface area contributed by atoms with E-state index in [4.69, 9.17) is 22.1 Å². The van der Waals surface area contributed by atoms with Gasteiger partial charge in [0.2, 0.25) is 0 Å². The molecule has 0 radical (unpaired) electrons. The number of benzene rings is 21. The van der Waals surface area contributed by atoms with Crippen molar-refractivity contribution in [1.82, 2.24) is 0 Å². The Labute approximate surface area is 729 Å². The van der Waals surface area contributed by atoms with Crippen molar-refractivity contribution in [2.45, 2.75) is 0 Å². The summed E-state index contributed by atoms with van der Waals surface area (Å²) in [6, 6.07) is 158. The van der Waals surface area contributed by atoms with Crippen LogP contribution in [0.5, 0.6) is 0 Å². The average Bonchev–Trinajstić information content (AvgIpc) is 1.60. The monoisotopic (exact) mass is 1630 g/mol. The van der Waals surface area contributed by atoms with Crippen molar-refractivity contribution in [3.05, 3.63) is 449 Å². The SMILES string of the molecule is c1ccc(N(c2ccc(-c3ccc4c(c3)oc3c5ccc(N(c6ccccc6)c6cccc7c6oc6ccccc67)cc5c5ccccc5c43)cc2)c2cccc3c2oc2ccccc23)cc1.c1ccc(N(c2ccccc2)c2ccc(-c3ccc4c(c3)oc3c5ccc(N(c6ccccc6)c6cccc7c6oc6ccccc67)cc5c5ccccc5c43)cc2)cc1. The first-order valence-corrected chi connectivity index (χ1v) is 43.0. The van der Waals surface area contributed by atoms with E-state index in [-0.39, 0.29) is 0 Å². The van der Waals surface area contributed by atoms with Gasteiger partial charge in [-0.1, -0.05) is 267 Å². The molecule has 5 heterocycles. The molecule has 0 saturated heterocycles. The molecule has 0 amide bonds. The molecule has 0 atom stereocenters. The first-order chi connectivity index (χ1) is 63.0. The number of hydrogen-bond donors (Lipinski definition) is 0. The van der Waals surface area contributed by atoms with E-state index in [1.165, 1.54) is 16.2 Å². The van der Waals surface area contributed by atoms with Crippen molar-refractivity contribution in [2.75, 3.05) is 19.6 Å². The fourth-order valence-electron chi connectivity index (χ4n) is 19.5. The minimum absolute atomic E-state index is 0.850. The van der Waals surface area contributed by atoms with Crippen molar-refractivity contribution >= 4 is 221 Å². The van der Waals surface area contributed by atoms with Crippen LogP contribution in [0.3, 0.4) is 0 Å². The molecule has 26 aromatic rings. The van der Waals surface area contributed by atoms with E-state index >= 15 is 0 Å². The maximum Gasteiger partial charge on any atom is 0.159 e. The van der Waals surface area contributed by atoms with Crippen LogP contribution in [0, 0.1) is 0 Å². The molecule has 596 valence electrons. The Hall–Kier alpha value is -17.1. The van der Waals surface area contributed by atoms with Gasteiger partial charge in [0.25, 0.3) is 0 Å². The van der Waals surface area contributed by atoms with Gasteiger partial charge in [0, 0.05) is 116 Å². The molecular weight excluding hydrogens is 1550 g/mol. The van der Waals surface area contributed by atoms with Gasteiger partial charge in [0.05, 0.1) is 17.1 Å². The number of hydrogen-bond acceptors (Lipinski definition) is 9. The highest BCUT2D eigenvalue weighted by Crippen LogP contribution is 2.52. The number of para-hydroxylation sites is 11. The van der Waals surface area contributed by atoms with Gasteiger partial charge in [0.1, 0.15) is 39.1 Å². The molecule has 0 bridgehead atoms. The fraction of sp³-hybridized carbons (Fsp3) is 0. The summed E-state index contributed by atoms with van der Waals surface area (Å²) < 4.78 is 33.7. The van der Waals surface area contributed by atoms with Gasteiger partial charge in [0.15, 0.2) is 16.7 Å². The smallest absolute Gasteiger partial charge is 0.159 e. The molecule has 9 heteroatoms. The van der Waals surface area contributed by atoms with Crippen molar-refractivity contribution in [3.8, 4) is 22.3 Å². The van der Waals surface area contributed by atoms with Gasteiger partial charge < -0.3 is 41.7 Å². The predicted molar refractivity (Wildman–Crippen MR) is 529 cm³/mol. The lowest BCUT2D eigenvalue weighted by Crippen LogP contribution is -2.10. The number of fused-ring (bicyclic) bond motifs is 25. The highest BCUT2D eigenvalue weighted by atomic mass is 16.3. The van der Waals surface area contributed by atoms with Crippen LogP contribution in [0.1, 0.15) is 0 Å². The summed E-state index contributed by atoms with van der Waals surface area (Å²) in [5.74, 6) is 0. The predicted octanol–water partition coefficient (Wildman–Crippen LogP) is 34.7. The molecule has 127 heavy (non-hydrogen) atoms. The second kappa shape index (κ2) is 29.9. The average molecular weight is 1630 g/mol. The van der Waals surface area contributed by atoms with Crippen LogP contribution in [0.25, 0.3) is 175 Å². The van der Waals surface area contributed by atoms with Crippen molar-refractivity contribution < 1.29 is 22.1 Å². The van der Waals surface area contributed by atoms with E-state index in [1.807, 2.05) is 36.4 Å². The van der Waals surface area contributed by atoms with Gasteiger partial charge in [-0.25, -0.2) is 0 Å². The molecule has 0 aliphatic heterocycles. The quantitative estimate of drug-likeness (QED) is 0.0989. The Morgan fingerprint density at radius 1 is 0.126 bits per heavy atom. The van der Waals surface area contributed by atoms with Crippen LogP contribution >= 0.6 is 0 Å². The van der Waals surface area contributed by atoms with E-state index in [0.29, 0.717) is 0 Å². The molecular formula is C118H74N4O5. The Kier molecular flexibility index (Phi) is 17.1. The molecule has 0 aliphatic carbocycles. The maximum absolute atomic E-state index is 6.99. The Balaban J connectivity index is 0.000000139. The second-order valence-corrected chi connectivity index (χ2v) is 32.5. The van der Waals surface area contributed by atoms with E-state index < -0.39 is 0 Å². The molecule has 5 aromatic heterocycles. The normalized spacial score (nSPS) is 11.8. The van der Waals surface area contributed by atoms with E-state index in [1.54, 1.807) is 0 Å². The summed E-state index contributed by atoms with van der Waals surface area (Å²) in [6.07, 6.45) is 0. The Morgan fingerprint density at radius 2 is 0.370 bits per heavy atom. The van der Waals surface area contributed by atoms with E-state index in [0.717, 1.165) is 227 Å². The van der Waals surface area contributed by atoms with Crippen LogP contribution in [-0.2, 0) is 0 Å². The van der Waals surface area contributed by atoms with Gasteiger partial charge in [-0.15, -0.1) is 0 Å². The third kappa shape index (κ3) is 12.2. The summed E-state index contributed by atoms with van der Waals surface area (Å²) in [5, 5.41) is 20.1. The van der Waals surface area contributed by atoms with Crippen LogP contribution in [0.4, 0.5) is 68.2 Å². The zero-order chi connectivity index (χ0) is 83.6. The standard InChI is InChI=1S/C62H38N2O3.C56H36N2O2/c1-3-15-41(16-4-1)63(54-25-13-23-49-46-20-9-11-27-56(46)65-60(49)54)43-32-29-39(30-33-43)40-31-35-52-58(37-40)67-62-51-36-34-44(38-53(51)45-19-7-8-22-48(45)59(52)62)64(42-17-5-2-6-18-42)55-26-14-24-50-47-21-10-12-28-57(47)66-61(50)55;1-4-15-39(16-5-1)57(40-17-6-2-7-18-40)42-30-27-37(28-31-42)38-29-33-49-53(35-38)60-56-48-34-32-43(36-50(48)44-21-10-11-23-46(44)54(49)56)58(41-19-8-3-9-20-41)51-25-14-24-47-45-22-12-13-26-52(45)59-55(47)51/h1-38H;1-36H. The van der Waals surface area contributed by atoms with Gasteiger partial charge in [-0.3, -0.25) is 0 Å². The lowest BCUT2D eigenvalue weighted by molar-refractivity contribution is 0.668. The molecule has 0 spiro atoms. The van der Waals surface area contributed by atoms with Crippen LogP contribution in [0.15, 0.2) is 471 Å². The summed E-state index contributed by atoms with van der Waals surface area (Å²) in [4.78, 5) is 9.17. The van der Waals surface area contributed by atoms with Gasteiger partial charge >= 0.3 is 0 Å². The lowest BCUT2D eigenvalue weighted by Gasteiger charge is -2.26. The zero-order valence-electron chi connectivity index (χ0n) is 68.6. The van der Waals surface area contributed by atoms with Crippen LogP contribution < -0.4 is 19.6 Å². The molecule has 0 unspecified atom stereocenters. The third-order valence-corrected chi connectivity index (χ3v) is 25.2. The van der Waals surface area contributed by atoms with Crippen LogP contribution in [-0.4, -0.2) is 0 Å². The topological polar surface area (TPSA) is 78.7 Å².